The number of carbonyl (C=O) groups is 1. The van der Waals surface area contributed by atoms with E-state index < -0.39 is 0 Å². The molecule has 0 fully saturated rings. The van der Waals surface area contributed by atoms with Gasteiger partial charge in [-0.15, -0.1) is 0 Å². The van der Waals surface area contributed by atoms with Crippen molar-refractivity contribution in [3.05, 3.63) is 75.8 Å². The van der Waals surface area contributed by atoms with E-state index in [0.29, 0.717) is 23.0 Å². The number of nitrogens with zero attached hydrogens (tertiary/aromatic N) is 2. The van der Waals surface area contributed by atoms with Gasteiger partial charge in [0.25, 0.3) is 5.91 Å². The third-order valence-electron chi connectivity index (χ3n) is 4.04. The fraction of sp³-hybridized carbons (Fsp3) is 0.250. The van der Waals surface area contributed by atoms with E-state index in [-0.39, 0.29) is 18.6 Å². The van der Waals surface area contributed by atoms with Gasteiger partial charge in [0, 0.05) is 17.0 Å². The number of carbonyl (C=O) groups excluding carboxylic acids is 1. The first-order chi connectivity index (χ1) is 13.0. The Morgan fingerprint density at radius 1 is 1.19 bits per heavy atom. The van der Waals surface area contributed by atoms with E-state index in [0.717, 1.165) is 16.5 Å². The van der Waals surface area contributed by atoms with Crippen molar-refractivity contribution in [3.8, 4) is 5.75 Å². The zero-order valence-electron chi connectivity index (χ0n) is 15.1. The Bertz CT molecular complexity index is 892. The largest absolute Gasteiger partial charge is 0.485 e. The first kappa shape index (κ1) is 19.1. The Morgan fingerprint density at radius 3 is 2.48 bits per heavy atom. The van der Waals surface area contributed by atoms with Crippen molar-refractivity contribution in [2.75, 3.05) is 0 Å². The SMILES string of the molecule is CCC(NC(=O)c1ccc(OCc2noc(C)n2)cc1)c1ccc(Br)cc1. The molecular formula is C20H20BrN3O3. The van der Waals surface area contributed by atoms with Gasteiger partial charge in [-0.1, -0.05) is 40.1 Å². The van der Waals surface area contributed by atoms with Crippen molar-refractivity contribution in [2.45, 2.75) is 32.9 Å². The predicted molar refractivity (Wildman–Crippen MR) is 104 cm³/mol. The minimum absolute atomic E-state index is 0.0389. The highest BCUT2D eigenvalue weighted by Gasteiger charge is 2.14. The molecule has 0 spiro atoms. The van der Waals surface area contributed by atoms with Crippen molar-refractivity contribution in [1.82, 2.24) is 15.5 Å². The second-order valence-electron chi connectivity index (χ2n) is 6.03. The lowest BCUT2D eigenvalue weighted by Crippen LogP contribution is -2.28. The third kappa shape index (κ3) is 5.17. The fourth-order valence-corrected chi connectivity index (χ4v) is 2.87. The molecule has 1 amide bonds. The summed E-state index contributed by atoms with van der Waals surface area (Å²) < 4.78 is 11.5. The second kappa shape index (κ2) is 8.81. The van der Waals surface area contributed by atoms with Crippen molar-refractivity contribution in [1.29, 1.82) is 0 Å². The molecule has 1 unspecified atom stereocenters. The van der Waals surface area contributed by atoms with Crippen LogP contribution in [0.4, 0.5) is 0 Å². The number of hydrogen-bond acceptors (Lipinski definition) is 5. The lowest BCUT2D eigenvalue weighted by atomic mass is 10.0. The molecule has 27 heavy (non-hydrogen) atoms. The summed E-state index contributed by atoms with van der Waals surface area (Å²) in [7, 11) is 0. The average molecular weight is 430 g/mol. The van der Waals surface area contributed by atoms with E-state index in [1.807, 2.05) is 31.2 Å². The number of hydrogen-bond donors (Lipinski definition) is 1. The van der Waals surface area contributed by atoms with E-state index in [1.165, 1.54) is 0 Å². The van der Waals surface area contributed by atoms with Crippen LogP contribution in [0.2, 0.25) is 0 Å². The average Bonchev–Trinajstić information content (AvgIpc) is 3.11. The summed E-state index contributed by atoms with van der Waals surface area (Å²) in [6.07, 6.45) is 0.804. The summed E-state index contributed by atoms with van der Waals surface area (Å²) in [5.74, 6) is 1.49. The van der Waals surface area contributed by atoms with Crippen LogP contribution in [0.5, 0.6) is 5.75 Å². The lowest BCUT2D eigenvalue weighted by molar-refractivity contribution is 0.0935. The normalized spacial score (nSPS) is 11.8. The maximum absolute atomic E-state index is 12.6. The van der Waals surface area contributed by atoms with Crippen molar-refractivity contribution in [3.63, 3.8) is 0 Å². The van der Waals surface area contributed by atoms with Crippen LogP contribution in [0.25, 0.3) is 0 Å². The van der Waals surface area contributed by atoms with Crippen LogP contribution in [0.15, 0.2) is 57.5 Å². The highest BCUT2D eigenvalue weighted by Crippen LogP contribution is 2.20. The van der Waals surface area contributed by atoms with Gasteiger partial charge < -0.3 is 14.6 Å². The Hall–Kier alpha value is -2.67. The zero-order valence-corrected chi connectivity index (χ0v) is 16.7. The van der Waals surface area contributed by atoms with Gasteiger partial charge >= 0.3 is 0 Å². The predicted octanol–water partition coefficient (Wildman–Crippen LogP) is 4.60. The van der Waals surface area contributed by atoms with Gasteiger partial charge in [-0.25, -0.2) is 0 Å². The maximum atomic E-state index is 12.6. The van der Waals surface area contributed by atoms with Crippen LogP contribution in [0.3, 0.4) is 0 Å². The van der Waals surface area contributed by atoms with Crippen LogP contribution in [0, 0.1) is 6.92 Å². The molecule has 1 aromatic heterocycles. The van der Waals surface area contributed by atoms with Crippen LogP contribution in [-0.4, -0.2) is 16.0 Å². The first-order valence-electron chi connectivity index (χ1n) is 8.63. The molecule has 7 heteroatoms. The van der Waals surface area contributed by atoms with Gasteiger partial charge in [0.1, 0.15) is 5.75 Å². The van der Waals surface area contributed by atoms with Crippen molar-refractivity contribution >= 4 is 21.8 Å². The molecule has 1 atom stereocenters. The molecule has 0 aliphatic heterocycles. The molecule has 0 saturated carbocycles. The highest BCUT2D eigenvalue weighted by molar-refractivity contribution is 9.10. The number of nitrogens with one attached hydrogen (secondary N) is 1. The summed E-state index contributed by atoms with van der Waals surface area (Å²) >= 11 is 3.43. The van der Waals surface area contributed by atoms with Gasteiger partial charge in [0.2, 0.25) is 11.7 Å². The zero-order chi connectivity index (χ0) is 19.2. The Balaban J connectivity index is 1.60. The van der Waals surface area contributed by atoms with E-state index in [9.17, 15) is 4.79 Å². The summed E-state index contributed by atoms with van der Waals surface area (Å²) in [4.78, 5) is 16.6. The van der Waals surface area contributed by atoms with Gasteiger partial charge in [-0.05, 0) is 48.4 Å². The molecule has 2 aromatic carbocycles. The Labute approximate surface area is 166 Å². The molecule has 0 bridgehead atoms. The number of ether oxygens (including phenoxy) is 1. The molecule has 0 radical (unpaired) electrons. The molecule has 3 aromatic rings. The molecule has 6 nitrogen and oxygen atoms in total. The number of amides is 1. The van der Waals surface area contributed by atoms with Crippen molar-refractivity contribution in [2.24, 2.45) is 0 Å². The van der Waals surface area contributed by atoms with Crippen LogP contribution in [-0.2, 0) is 6.61 Å². The lowest BCUT2D eigenvalue weighted by Gasteiger charge is -2.18. The van der Waals surface area contributed by atoms with Crippen LogP contribution >= 0.6 is 15.9 Å². The summed E-state index contributed by atoms with van der Waals surface area (Å²) in [5.41, 5.74) is 1.65. The van der Waals surface area contributed by atoms with Crippen LogP contribution < -0.4 is 10.1 Å². The fourth-order valence-electron chi connectivity index (χ4n) is 2.61. The summed E-state index contributed by atoms with van der Waals surface area (Å²) in [6, 6.07) is 14.9. The molecule has 0 aliphatic carbocycles. The minimum Gasteiger partial charge on any atom is -0.485 e. The summed E-state index contributed by atoms with van der Waals surface area (Å²) in [6.45, 7) is 3.98. The molecule has 3 rings (SSSR count). The molecule has 0 aliphatic rings. The van der Waals surface area contributed by atoms with E-state index >= 15 is 0 Å². The van der Waals surface area contributed by atoms with Crippen LogP contribution in [0.1, 0.15) is 47.0 Å². The van der Waals surface area contributed by atoms with E-state index in [1.54, 1.807) is 31.2 Å². The smallest absolute Gasteiger partial charge is 0.251 e. The number of aromatic nitrogens is 2. The molecule has 140 valence electrons. The van der Waals surface area contributed by atoms with Gasteiger partial charge in [0.15, 0.2) is 6.61 Å². The Kier molecular flexibility index (Phi) is 6.24. The highest BCUT2D eigenvalue weighted by atomic mass is 79.9. The minimum atomic E-state index is -0.120. The standard InChI is InChI=1S/C20H20BrN3O3/c1-3-18(14-4-8-16(21)9-5-14)23-20(25)15-6-10-17(11-7-15)26-12-19-22-13(2)27-24-19/h4-11,18H,3,12H2,1-2H3,(H,23,25). The molecular weight excluding hydrogens is 410 g/mol. The second-order valence-corrected chi connectivity index (χ2v) is 6.94. The van der Waals surface area contributed by atoms with Gasteiger partial charge in [-0.3, -0.25) is 4.79 Å². The number of aryl methyl sites for hydroxylation is 1. The molecule has 0 saturated heterocycles. The van der Waals surface area contributed by atoms with Gasteiger partial charge in [0.05, 0.1) is 6.04 Å². The molecule has 1 heterocycles. The maximum Gasteiger partial charge on any atom is 0.251 e. The van der Waals surface area contributed by atoms with E-state index in [4.69, 9.17) is 9.26 Å². The quantitative estimate of drug-likeness (QED) is 0.593. The Morgan fingerprint density at radius 2 is 1.89 bits per heavy atom. The third-order valence-corrected chi connectivity index (χ3v) is 4.57. The van der Waals surface area contributed by atoms with Crippen molar-refractivity contribution < 1.29 is 14.1 Å². The van der Waals surface area contributed by atoms with Gasteiger partial charge in [-0.2, -0.15) is 4.98 Å². The summed E-state index contributed by atoms with van der Waals surface area (Å²) in [5, 5.41) is 6.85. The molecule has 1 N–H and O–H groups in total. The number of benzene rings is 2. The number of halogens is 1. The number of rotatable bonds is 7. The topological polar surface area (TPSA) is 77.2 Å². The monoisotopic (exact) mass is 429 g/mol. The van der Waals surface area contributed by atoms with E-state index in [2.05, 4.69) is 31.4 Å². The first-order valence-corrected chi connectivity index (χ1v) is 9.43.